The molecule has 0 heterocycles. The minimum Gasteiger partial charge on any atom is -0.439 e. The fraction of sp³-hybridized carbons (Fsp3) is 0.860. The van der Waals surface area contributed by atoms with Crippen LogP contribution >= 0.6 is 0 Å². The molecule has 0 N–H and O–H groups in total. The van der Waals surface area contributed by atoms with Gasteiger partial charge in [0.2, 0.25) is 0 Å². The van der Waals surface area contributed by atoms with Crippen LogP contribution in [-0.2, 0) is 173 Å². The van der Waals surface area contributed by atoms with Gasteiger partial charge in [0.05, 0.1) is 0 Å². The molecule has 0 rings (SSSR count). The van der Waals surface area contributed by atoms with E-state index in [0.29, 0.717) is 12.1 Å². The molecule has 507 valence electrons. The van der Waals surface area contributed by atoms with Crippen LogP contribution in [-0.4, -0.2) is 152 Å². The maximum absolute atomic E-state index is 7.12. The molecule has 6 unspecified atom stereocenters. The Hall–Kier alpha value is 6.86. The molecule has 0 aliphatic carbocycles. The molecule has 0 fully saturated rings. The Morgan fingerprint density at radius 2 is 0.518 bits per heavy atom. The Morgan fingerprint density at radius 3 is 0.729 bits per heavy atom. The maximum atomic E-state index is 7.12. The van der Waals surface area contributed by atoms with E-state index in [9.17, 15) is 0 Å². The van der Waals surface area contributed by atoms with Crippen molar-refractivity contribution < 1.29 is 173 Å². The number of rotatable bonds is 37. The molecule has 0 bridgehead atoms. The van der Waals surface area contributed by atoms with Gasteiger partial charge in [-0.25, -0.2) is 0 Å². The molecular weight excluding hydrogens is 1780 g/mol. The van der Waals surface area contributed by atoms with Gasteiger partial charge >= 0.3 is 34.2 Å². The molecule has 0 amide bonds. The van der Waals surface area contributed by atoms with Gasteiger partial charge < -0.3 is 74.3 Å². The van der Waals surface area contributed by atoms with E-state index in [1.54, 1.807) is 0 Å². The minimum absolute atomic E-state index is 0. The van der Waals surface area contributed by atoms with Crippen LogP contribution in [0.2, 0.25) is 278 Å². The van der Waals surface area contributed by atoms with Gasteiger partial charge in [-0.3, -0.25) is 0 Å². The predicted molar refractivity (Wildman–Crippen MR) is 400 cm³/mol. The molecule has 0 saturated heterocycles. The monoisotopic (exact) mass is 1910 g/mol. The van der Waals surface area contributed by atoms with Crippen molar-refractivity contribution in [3.63, 3.8) is 0 Å². The van der Waals surface area contributed by atoms with Gasteiger partial charge in [-0.15, -0.1) is 31.3 Å². The van der Waals surface area contributed by atoms with Crippen LogP contribution in [0.5, 0.6) is 0 Å². The summed E-state index contributed by atoms with van der Waals surface area (Å²) in [6.45, 7) is 100.0. The van der Waals surface area contributed by atoms with Crippen LogP contribution < -0.4 is 0 Å². The summed E-state index contributed by atoms with van der Waals surface area (Å²) < 4.78 is 86.4. The quantitative estimate of drug-likeness (QED) is 0.0434. The number of hydrogen-bond donors (Lipinski definition) is 0. The number of hydrogen-bond acceptors (Lipinski definition) is 13. The largest absolute Gasteiger partial charge is 0.439 e. The topological polar surface area (TPSA) is 120 Å². The smallest absolute Gasteiger partial charge is 0.315 e. The van der Waals surface area contributed by atoms with Crippen molar-refractivity contribution in [2.24, 2.45) is 0 Å². The van der Waals surface area contributed by atoms with Crippen LogP contribution in [0.15, 0.2) is 24.6 Å². The van der Waals surface area contributed by atoms with Crippen LogP contribution in [0.3, 0.4) is 0 Å². The van der Waals surface area contributed by atoms with Gasteiger partial charge in [0.1, 0.15) is 0 Å². The van der Waals surface area contributed by atoms with Gasteiger partial charge in [0, 0.05) is 119 Å². The maximum Gasteiger partial charge on any atom is 0.315 e. The van der Waals surface area contributed by atoms with E-state index in [2.05, 4.69) is 270 Å². The summed E-state index contributed by atoms with van der Waals surface area (Å²) in [6.07, 6.45) is 0. The van der Waals surface area contributed by atoms with Gasteiger partial charge in [-0.2, -0.15) is 0 Å². The summed E-state index contributed by atoms with van der Waals surface area (Å²) in [7, 11) is -36.5. The molecule has 0 aromatic heterocycles. The molecule has 0 aliphatic rings. The SMILES string of the molecule is C=C[Si](C)(C)O[Si](C)(C)O[Si](C)(C)C=C.[CH2-]C[Si](C)(O[SiH](C)O[Si](C)(C)C)O[Si](C)(C)C.[CH2-]C[Si](C)(O[Si](C)(C)C)O[Si](C)(CC[Si](C)(C)O[Si](C)(C)O[Si](C)(C)CC[Si](C)(O[Si](C)(C)C)O[Si](C)(C[CH2-])O[Si](C)(C)C)O[Si](C)(C)C.[Pt].[Y].[Y].[Y]. The fourth-order valence-electron chi connectivity index (χ4n) is 9.53. The molecule has 6 atom stereocenters. The molecule has 3 radical (unpaired) electrons. The van der Waals surface area contributed by atoms with Crippen molar-refractivity contribution in [3.05, 3.63) is 45.3 Å². The fourth-order valence-corrected chi connectivity index (χ4v) is 88.9. The molecule has 85 heavy (non-hydrogen) atoms. The van der Waals surface area contributed by atoms with Crippen molar-refractivity contribution in [1.82, 2.24) is 0 Å². The Bertz CT molecular complexity index is 1790. The van der Waals surface area contributed by atoms with Crippen molar-refractivity contribution in [1.29, 1.82) is 0 Å². The Morgan fingerprint density at radius 1 is 0.294 bits per heavy atom. The van der Waals surface area contributed by atoms with E-state index in [0.717, 1.165) is 30.2 Å². The van der Waals surface area contributed by atoms with Gasteiger partial charge in [-0.1, -0.05) is 11.4 Å². The van der Waals surface area contributed by atoms with Crippen molar-refractivity contribution in [2.45, 2.75) is 278 Å². The normalized spacial score (nSPS) is 17.5. The van der Waals surface area contributed by atoms with E-state index in [4.69, 9.17) is 53.5 Å². The zero-order chi connectivity index (χ0) is 65.6. The first-order chi connectivity index (χ1) is 35.1. The third kappa shape index (κ3) is 57.3. The predicted octanol–water partition coefficient (Wildman–Crippen LogP) is 18.6. The Balaban J connectivity index is -0.000000276. The van der Waals surface area contributed by atoms with E-state index in [-0.39, 0.29) is 119 Å². The average molecular weight is 1910 g/mol. The first-order valence-corrected chi connectivity index (χ1v) is 82.8. The third-order valence-corrected chi connectivity index (χ3v) is 73.9. The van der Waals surface area contributed by atoms with Crippen LogP contribution in [0, 0.1) is 20.8 Å². The summed E-state index contributed by atoms with van der Waals surface area (Å²) in [4.78, 5) is 0. The standard InChI is InChI=1S/C30H82O8Si11.C10H29O3Si4.C10H24O2Si3.Pt.3Y/c1-25-46(21,31-39(3,4)5)37-48(23,33-41(9,10)11)29-27-43(15,16)35-45(19,20)36-44(17,18)28-30-49(24,34-42(12,13)14)38-47(22,26-2)32-40(6,7)8;1-10-17(9,13-16(6,7)8)12-14(2)11-15(3,4)5;1-9-13(3,4)11-15(7,8)12-14(5,6)10-2;;;;/h1-2,25-30H2,3-24H3;14H,1,10H2,2-9H3;9-10H,1-2H2,3-8H3;;;;/q-2;-1;;;;;. The summed E-state index contributed by atoms with van der Waals surface area (Å²) in [6, 6.07) is 5.82. The van der Waals surface area contributed by atoms with Gasteiger partial charge in [0.15, 0.2) is 83.2 Å². The summed E-state index contributed by atoms with van der Waals surface area (Å²) in [5, 5.41) is 0. The third-order valence-electron chi connectivity index (χ3n) is 11.2. The van der Waals surface area contributed by atoms with E-state index >= 15 is 0 Å². The first kappa shape index (κ1) is 105. The molecule has 0 aliphatic heterocycles. The Labute approximate surface area is 639 Å². The Kier molecular flexibility index (Phi) is 50.7. The summed E-state index contributed by atoms with van der Waals surface area (Å²) in [5.74, 6) is 0. The summed E-state index contributed by atoms with van der Waals surface area (Å²) in [5.41, 5.74) is 3.90. The molecule has 0 aromatic carbocycles. The second kappa shape index (κ2) is 40.9. The van der Waals surface area contributed by atoms with Crippen molar-refractivity contribution in [2.75, 3.05) is 0 Å². The first-order valence-electron chi connectivity index (χ1n) is 29.8. The zero-order valence-corrected chi connectivity index (χ0v) is 91.0. The molecule has 0 saturated carbocycles. The molecule has 13 nitrogen and oxygen atoms in total. The summed E-state index contributed by atoms with van der Waals surface area (Å²) >= 11 is 0. The van der Waals surface area contributed by atoms with Crippen LogP contribution in [0.4, 0.5) is 0 Å². The van der Waals surface area contributed by atoms with E-state index < -0.39 is 152 Å². The van der Waals surface area contributed by atoms with Crippen LogP contribution in [0.1, 0.15) is 0 Å². The van der Waals surface area contributed by atoms with Gasteiger partial charge in [0.25, 0.3) is 35.0 Å². The molecular formula is C50H135O13PtSi18Y3-3. The van der Waals surface area contributed by atoms with Crippen molar-refractivity contribution in [3.8, 4) is 0 Å². The second-order valence-electron chi connectivity index (χ2n) is 32.0. The molecule has 0 spiro atoms. The van der Waals surface area contributed by atoms with Gasteiger partial charge in [-0.05, 0) is 260 Å². The average Bonchev–Trinajstić information content (AvgIpc) is 3.14. The minimum atomic E-state index is -2.57. The molecule has 35 heteroatoms. The molecule has 0 aromatic rings. The van der Waals surface area contributed by atoms with E-state index in [1.165, 1.54) is 0 Å². The van der Waals surface area contributed by atoms with Crippen LogP contribution in [0.25, 0.3) is 0 Å². The van der Waals surface area contributed by atoms with Crippen molar-refractivity contribution >= 4 is 152 Å². The zero-order valence-electron chi connectivity index (χ0n) is 62.1. The van der Waals surface area contributed by atoms with E-state index in [1.807, 2.05) is 11.4 Å². The second-order valence-corrected chi connectivity index (χ2v) is 104.